The molecule has 2 heteroatoms. The Morgan fingerprint density at radius 2 is 1.53 bits per heavy atom. The Balaban J connectivity index is 2.66. The maximum absolute atomic E-state index is 12.3. The predicted octanol–water partition coefficient (Wildman–Crippen LogP) is 3.35. The summed E-state index contributed by atoms with van der Waals surface area (Å²) in [5, 5.41) is 0. The fourth-order valence-electron chi connectivity index (χ4n) is 1.98. The van der Waals surface area contributed by atoms with Crippen LogP contribution in [0.2, 0.25) is 0 Å². The molecule has 0 atom stereocenters. The zero-order chi connectivity index (χ0) is 12.6. The first-order valence-electron chi connectivity index (χ1n) is 5.56. The highest BCUT2D eigenvalue weighted by Gasteiger charge is 2.27. The molecule has 0 spiro atoms. The highest BCUT2D eigenvalue weighted by atomic mass is 16.1. The molecule has 0 bridgehead atoms. The molecule has 1 aliphatic carbocycles. The third-order valence-corrected chi connectivity index (χ3v) is 2.84. The van der Waals surface area contributed by atoms with Crippen molar-refractivity contribution in [3.05, 3.63) is 58.2 Å². The van der Waals surface area contributed by atoms with E-state index in [4.69, 9.17) is 0 Å². The molecule has 0 amide bonds. The summed E-state index contributed by atoms with van der Waals surface area (Å²) >= 11 is 0. The minimum absolute atomic E-state index is 0.0484. The van der Waals surface area contributed by atoms with E-state index in [1.165, 1.54) is 0 Å². The van der Waals surface area contributed by atoms with E-state index in [0.29, 0.717) is 22.3 Å². The molecule has 1 aliphatic rings. The molecule has 86 valence electrons. The zero-order valence-electron chi connectivity index (χ0n) is 10.2. The van der Waals surface area contributed by atoms with Gasteiger partial charge in [0.05, 0.1) is 0 Å². The second kappa shape index (κ2) is 4.13. The Morgan fingerprint density at radius 3 is 2.06 bits per heavy atom. The lowest BCUT2D eigenvalue weighted by Gasteiger charge is -2.17. The average Bonchev–Trinajstić information content (AvgIpc) is 2.31. The first kappa shape index (κ1) is 11.5. The number of benzene rings is 1. The van der Waals surface area contributed by atoms with Gasteiger partial charge in [0.25, 0.3) is 0 Å². The molecule has 0 N–H and O–H groups in total. The monoisotopic (exact) mass is 226 g/mol. The predicted molar refractivity (Wildman–Crippen MR) is 67.2 cm³/mol. The van der Waals surface area contributed by atoms with Gasteiger partial charge >= 0.3 is 0 Å². The fraction of sp³-hybridized carbons (Fsp3) is 0.200. The van der Waals surface area contributed by atoms with Gasteiger partial charge in [0.1, 0.15) is 0 Å². The number of hydrogen-bond acceptors (Lipinski definition) is 2. The minimum Gasteiger partial charge on any atom is -0.289 e. The molecule has 0 saturated heterocycles. The molecule has 1 aromatic carbocycles. The van der Waals surface area contributed by atoms with Gasteiger partial charge < -0.3 is 0 Å². The van der Waals surface area contributed by atoms with Crippen molar-refractivity contribution >= 4 is 11.6 Å². The van der Waals surface area contributed by atoms with Gasteiger partial charge in [-0.05, 0) is 20.8 Å². The van der Waals surface area contributed by atoms with Crippen LogP contribution in [0, 0.1) is 0 Å². The molecule has 2 nitrogen and oxygen atoms in total. The molecule has 2 rings (SSSR count). The number of carbonyl (C=O) groups excluding carboxylic acids is 2. The van der Waals surface area contributed by atoms with Crippen molar-refractivity contribution in [2.45, 2.75) is 20.8 Å². The average molecular weight is 226 g/mol. The fourth-order valence-corrected chi connectivity index (χ4v) is 1.98. The summed E-state index contributed by atoms with van der Waals surface area (Å²) in [4.78, 5) is 24.4. The van der Waals surface area contributed by atoms with Crippen molar-refractivity contribution in [3.63, 3.8) is 0 Å². The van der Waals surface area contributed by atoms with E-state index in [0.717, 1.165) is 5.57 Å². The van der Waals surface area contributed by atoms with E-state index >= 15 is 0 Å². The zero-order valence-corrected chi connectivity index (χ0v) is 10.2. The van der Waals surface area contributed by atoms with Crippen LogP contribution in [0.1, 0.15) is 41.5 Å². The van der Waals surface area contributed by atoms with Crippen LogP contribution in [0.25, 0.3) is 0 Å². The summed E-state index contributed by atoms with van der Waals surface area (Å²) in [7, 11) is 0. The van der Waals surface area contributed by atoms with Gasteiger partial charge in [-0.2, -0.15) is 0 Å². The third kappa shape index (κ3) is 1.86. The van der Waals surface area contributed by atoms with Gasteiger partial charge in [-0.25, -0.2) is 0 Å². The standard InChI is InChI=1S/C15H14O2/c1-9(2)8-13-10(3)14(16)11-6-4-5-7-12(11)15(13)17/h4-8H,1-3H3. The molecule has 0 aliphatic heterocycles. The van der Waals surface area contributed by atoms with Crippen LogP contribution in [-0.4, -0.2) is 11.6 Å². The smallest absolute Gasteiger partial charge is 0.194 e. The van der Waals surface area contributed by atoms with Crippen molar-refractivity contribution in [1.29, 1.82) is 0 Å². The largest absolute Gasteiger partial charge is 0.289 e. The quantitative estimate of drug-likeness (QED) is 0.735. The Labute approximate surface area is 101 Å². The van der Waals surface area contributed by atoms with E-state index < -0.39 is 0 Å². The molecule has 0 aromatic heterocycles. The summed E-state index contributed by atoms with van der Waals surface area (Å²) in [6.07, 6.45) is 1.78. The van der Waals surface area contributed by atoms with E-state index in [2.05, 4.69) is 0 Å². The molecular weight excluding hydrogens is 212 g/mol. The van der Waals surface area contributed by atoms with Crippen LogP contribution in [-0.2, 0) is 0 Å². The Morgan fingerprint density at radius 1 is 1.00 bits per heavy atom. The Hall–Kier alpha value is -1.96. The summed E-state index contributed by atoms with van der Waals surface area (Å²) in [6, 6.07) is 6.98. The molecule has 0 unspecified atom stereocenters. The van der Waals surface area contributed by atoms with Crippen molar-refractivity contribution in [2.75, 3.05) is 0 Å². The van der Waals surface area contributed by atoms with Gasteiger partial charge in [0.15, 0.2) is 11.6 Å². The van der Waals surface area contributed by atoms with Gasteiger partial charge in [-0.3, -0.25) is 9.59 Å². The second-order valence-corrected chi connectivity index (χ2v) is 4.46. The van der Waals surface area contributed by atoms with Crippen molar-refractivity contribution in [3.8, 4) is 0 Å². The third-order valence-electron chi connectivity index (χ3n) is 2.84. The Bertz CT molecular complexity index is 570. The molecule has 0 radical (unpaired) electrons. The van der Waals surface area contributed by atoms with Crippen LogP contribution in [0.5, 0.6) is 0 Å². The minimum atomic E-state index is -0.0566. The molecule has 1 aromatic rings. The van der Waals surface area contributed by atoms with Crippen LogP contribution in [0.3, 0.4) is 0 Å². The summed E-state index contributed by atoms with van der Waals surface area (Å²) < 4.78 is 0. The van der Waals surface area contributed by atoms with Crippen LogP contribution in [0.15, 0.2) is 47.1 Å². The summed E-state index contributed by atoms with van der Waals surface area (Å²) in [5.41, 5.74) is 3.10. The van der Waals surface area contributed by atoms with E-state index in [1.807, 2.05) is 13.8 Å². The SMILES string of the molecule is CC(C)=CC1=C(C)C(=O)c2ccccc2C1=O. The number of carbonyl (C=O) groups is 2. The van der Waals surface area contributed by atoms with E-state index in [9.17, 15) is 9.59 Å². The lowest BCUT2D eigenvalue weighted by atomic mass is 9.84. The molecule has 0 fully saturated rings. The number of Topliss-reactive ketones (excluding diaryl/α,β-unsaturated/α-hetero) is 2. The van der Waals surface area contributed by atoms with Crippen molar-refractivity contribution < 1.29 is 9.59 Å². The first-order valence-corrected chi connectivity index (χ1v) is 5.56. The molecule has 17 heavy (non-hydrogen) atoms. The first-order chi connectivity index (χ1) is 8.02. The van der Waals surface area contributed by atoms with Gasteiger partial charge in [0, 0.05) is 22.3 Å². The second-order valence-electron chi connectivity index (χ2n) is 4.46. The lowest BCUT2D eigenvalue weighted by Crippen LogP contribution is -2.19. The number of rotatable bonds is 1. The topological polar surface area (TPSA) is 34.1 Å². The lowest BCUT2D eigenvalue weighted by molar-refractivity contribution is 0.0977. The van der Waals surface area contributed by atoms with Gasteiger partial charge in [0.2, 0.25) is 0 Å². The highest BCUT2D eigenvalue weighted by Crippen LogP contribution is 2.27. The molecular formula is C15H14O2. The molecule has 0 saturated carbocycles. The van der Waals surface area contributed by atoms with E-state index in [-0.39, 0.29) is 11.6 Å². The summed E-state index contributed by atoms with van der Waals surface area (Å²) in [6.45, 7) is 5.54. The normalized spacial score (nSPS) is 14.8. The van der Waals surface area contributed by atoms with Crippen molar-refractivity contribution in [2.24, 2.45) is 0 Å². The summed E-state index contributed by atoms with van der Waals surface area (Å²) in [5.74, 6) is -0.105. The number of allylic oxidation sites excluding steroid dienone is 4. The maximum atomic E-state index is 12.3. The van der Waals surface area contributed by atoms with Crippen LogP contribution in [0.4, 0.5) is 0 Å². The van der Waals surface area contributed by atoms with Crippen molar-refractivity contribution in [1.82, 2.24) is 0 Å². The maximum Gasteiger partial charge on any atom is 0.194 e. The van der Waals surface area contributed by atoms with Crippen LogP contribution < -0.4 is 0 Å². The Kier molecular flexibility index (Phi) is 2.80. The molecule has 0 heterocycles. The number of fused-ring (bicyclic) bond motifs is 1. The van der Waals surface area contributed by atoms with Crippen LogP contribution >= 0.6 is 0 Å². The van der Waals surface area contributed by atoms with Gasteiger partial charge in [-0.15, -0.1) is 0 Å². The van der Waals surface area contributed by atoms with Gasteiger partial charge in [-0.1, -0.05) is 35.9 Å². The number of ketones is 2. The highest BCUT2D eigenvalue weighted by molar-refractivity contribution is 6.27. The van der Waals surface area contributed by atoms with E-state index in [1.54, 1.807) is 37.3 Å². The number of hydrogen-bond donors (Lipinski definition) is 0.